The summed E-state index contributed by atoms with van der Waals surface area (Å²) in [5, 5.41) is 22.2. The van der Waals surface area contributed by atoms with Crippen LogP contribution in [0, 0.1) is 0 Å². The van der Waals surface area contributed by atoms with Crippen molar-refractivity contribution in [3.63, 3.8) is 0 Å². The molecule has 0 radical (unpaired) electrons. The molecule has 7 nitrogen and oxygen atoms in total. The molecule has 0 unspecified atom stereocenters. The number of hydrogen-bond acceptors (Lipinski definition) is 6. The highest BCUT2D eigenvalue weighted by Gasteiger charge is 2.45. The summed E-state index contributed by atoms with van der Waals surface area (Å²) in [6.45, 7) is 1.44. The zero-order valence-corrected chi connectivity index (χ0v) is 10.1. The van der Waals surface area contributed by atoms with Crippen LogP contribution >= 0.6 is 0 Å². The van der Waals surface area contributed by atoms with Crippen LogP contribution in [0.3, 0.4) is 0 Å². The molecule has 1 aliphatic heterocycles. The molecule has 1 fully saturated rings. The molecule has 100 valence electrons. The molecule has 0 aromatic carbocycles. The van der Waals surface area contributed by atoms with Crippen molar-refractivity contribution in [1.82, 2.24) is 5.32 Å². The zero-order valence-electron chi connectivity index (χ0n) is 10.1. The van der Waals surface area contributed by atoms with Gasteiger partial charge < -0.3 is 29.7 Å². The fourth-order valence-corrected chi connectivity index (χ4v) is 1.91. The molecule has 5 atom stereocenters. The third kappa shape index (κ3) is 3.36. The van der Waals surface area contributed by atoms with Crippen molar-refractivity contribution in [3.8, 4) is 0 Å². The first-order valence-corrected chi connectivity index (χ1v) is 5.31. The second-order valence-corrected chi connectivity index (χ2v) is 3.94. The third-order valence-corrected chi connectivity index (χ3v) is 2.67. The van der Waals surface area contributed by atoms with Gasteiger partial charge in [-0.2, -0.15) is 0 Å². The van der Waals surface area contributed by atoms with E-state index >= 15 is 0 Å². The van der Waals surface area contributed by atoms with Crippen molar-refractivity contribution in [1.29, 1.82) is 0 Å². The van der Waals surface area contributed by atoms with Crippen molar-refractivity contribution >= 4 is 5.91 Å². The van der Waals surface area contributed by atoms with Crippen molar-refractivity contribution in [2.75, 3.05) is 20.8 Å². The Kier molecular flexibility index (Phi) is 5.29. The van der Waals surface area contributed by atoms with E-state index < -0.39 is 30.6 Å². The second kappa shape index (κ2) is 6.27. The van der Waals surface area contributed by atoms with E-state index in [0.29, 0.717) is 0 Å². The number of nitrogens with one attached hydrogen (secondary N) is 1. The molecule has 0 spiro atoms. The number of rotatable bonds is 4. The lowest BCUT2D eigenvalue weighted by Crippen LogP contribution is -2.64. The van der Waals surface area contributed by atoms with Crippen LogP contribution in [0.15, 0.2) is 0 Å². The predicted octanol–water partition coefficient (Wildman–Crippen LogP) is -1.77. The number of aliphatic hydroxyl groups is 2. The van der Waals surface area contributed by atoms with E-state index in [1.807, 2.05) is 0 Å². The Morgan fingerprint density at radius 2 is 2.06 bits per heavy atom. The van der Waals surface area contributed by atoms with E-state index in [4.69, 9.17) is 14.2 Å². The zero-order chi connectivity index (χ0) is 13.0. The molecule has 0 saturated carbocycles. The fraction of sp³-hybridized carbons (Fsp3) is 0.900. The molecular formula is C10H19NO6. The largest absolute Gasteiger partial charge is 0.388 e. The summed E-state index contributed by atoms with van der Waals surface area (Å²) < 4.78 is 15.1. The van der Waals surface area contributed by atoms with Crippen LogP contribution in [0.2, 0.25) is 0 Å². The Hall–Kier alpha value is -0.730. The van der Waals surface area contributed by atoms with Gasteiger partial charge in [0, 0.05) is 21.1 Å². The number of methoxy groups -OCH3 is 2. The van der Waals surface area contributed by atoms with E-state index in [-0.39, 0.29) is 12.5 Å². The van der Waals surface area contributed by atoms with E-state index in [9.17, 15) is 15.0 Å². The van der Waals surface area contributed by atoms with E-state index in [0.717, 1.165) is 0 Å². The highest BCUT2D eigenvalue weighted by molar-refractivity contribution is 5.73. The summed E-state index contributed by atoms with van der Waals surface area (Å²) >= 11 is 0. The number of carbonyl (C=O) groups excluding carboxylic acids is 1. The first-order valence-electron chi connectivity index (χ1n) is 5.31. The van der Waals surface area contributed by atoms with Crippen LogP contribution in [0.4, 0.5) is 0 Å². The molecule has 1 saturated heterocycles. The van der Waals surface area contributed by atoms with E-state index in [1.165, 1.54) is 21.1 Å². The number of ether oxygens (including phenoxy) is 3. The number of hydrogen-bond donors (Lipinski definition) is 3. The minimum atomic E-state index is -1.24. The monoisotopic (exact) mass is 249 g/mol. The van der Waals surface area contributed by atoms with Crippen LogP contribution in [0.25, 0.3) is 0 Å². The summed E-state index contributed by atoms with van der Waals surface area (Å²) in [5.41, 5.74) is 0. The highest BCUT2D eigenvalue weighted by atomic mass is 16.6. The van der Waals surface area contributed by atoms with Crippen LogP contribution < -0.4 is 5.32 Å². The lowest BCUT2D eigenvalue weighted by atomic mass is 9.97. The summed E-state index contributed by atoms with van der Waals surface area (Å²) in [6, 6.07) is -0.805. The smallest absolute Gasteiger partial charge is 0.217 e. The van der Waals surface area contributed by atoms with Gasteiger partial charge in [-0.15, -0.1) is 0 Å². The van der Waals surface area contributed by atoms with Gasteiger partial charge in [-0.1, -0.05) is 0 Å². The van der Waals surface area contributed by atoms with Gasteiger partial charge in [0.05, 0.1) is 6.61 Å². The van der Waals surface area contributed by atoms with Gasteiger partial charge in [0.25, 0.3) is 0 Å². The summed E-state index contributed by atoms with van der Waals surface area (Å²) in [4.78, 5) is 11.0. The summed E-state index contributed by atoms with van der Waals surface area (Å²) in [6.07, 6.45) is -3.67. The van der Waals surface area contributed by atoms with Gasteiger partial charge in [0.2, 0.25) is 5.91 Å². The minimum absolute atomic E-state index is 0.130. The van der Waals surface area contributed by atoms with Gasteiger partial charge in [0.15, 0.2) is 6.29 Å². The second-order valence-electron chi connectivity index (χ2n) is 3.94. The van der Waals surface area contributed by atoms with Gasteiger partial charge in [0.1, 0.15) is 24.4 Å². The van der Waals surface area contributed by atoms with Crippen molar-refractivity contribution < 1.29 is 29.2 Å². The first kappa shape index (κ1) is 14.3. The summed E-state index contributed by atoms with van der Waals surface area (Å²) in [7, 11) is 2.86. The topological polar surface area (TPSA) is 97.2 Å². The van der Waals surface area contributed by atoms with E-state index in [2.05, 4.69) is 5.32 Å². The number of amides is 1. The van der Waals surface area contributed by atoms with Crippen LogP contribution in [-0.2, 0) is 19.0 Å². The maximum absolute atomic E-state index is 11.0. The lowest BCUT2D eigenvalue weighted by molar-refractivity contribution is -0.259. The molecule has 0 aromatic rings. The Bertz CT molecular complexity index is 261. The molecule has 0 aromatic heterocycles. The predicted molar refractivity (Wildman–Crippen MR) is 57.2 cm³/mol. The molecule has 1 rings (SSSR count). The Balaban J connectivity index is 2.76. The van der Waals surface area contributed by atoms with Gasteiger partial charge >= 0.3 is 0 Å². The molecule has 1 heterocycles. The first-order chi connectivity index (χ1) is 8.01. The maximum Gasteiger partial charge on any atom is 0.217 e. The molecule has 3 N–H and O–H groups in total. The average Bonchev–Trinajstić information content (AvgIpc) is 2.25. The quantitative estimate of drug-likeness (QED) is 0.545. The minimum Gasteiger partial charge on any atom is -0.388 e. The van der Waals surface area contributed by atoms with Crippen LogP contribution in [0.5, 0.6) is 0 Å². The SMILES string of the molecule is COC[C@H]1O[C@H](O)[C@@H](NC(C)=O)[C@@H](OC)[C@H]1O. The van der Waals surface area contributed by atoms with E-state index in [1.54, 1.807) is 0 Å². The fourth-order valence-electron chi connectivity index (χ4n) is 1.91. The standard InChI is InChI=1S/C10H19NO6/c1-5(12)11-7-9(16-3)8(13)6(4-15-2)17-10(7)14/h6-10,13-14H,4H2,1-3H3,(H,11,12)/t6-,7+,8+,9-,10+/m1/s1. The maximum atomic E-state index is 11.0. The number of aliphatic hydroxyl groups excluding tert-OH is 2. The molecule has 17 heavy (non-hydrogen) atoms. The molecule has 0 bridgehead atoms. The van der Waals surface area contributed by atoms with Crippen molar-refractivity contribution in [2.24, 2.45) is 0 Å². The Labute approximate surface area is 99.7 Å². The van der Waals surface area contributed by atoms with Gasteiger partial charge in [-0.25, -0.2) is 0 Å². The molecule has 7 heteroatoms. The molecular weight excluding hydrogens is 230 g/mol. The van der Waals surface area contributed by atoms with Crippen LogP contribution in [-0.4, -0.2) is 67.6 Å². The molecule has 0 aliphatic carbocycles. The lowest BCUT2D eigenvalue weighted by Gasteiger charge is -2.42. The molecule has 1 amide bonds. The molecule has 1 aliphatic rings. The number of carbonyl (C=O) groups is 1. The summed E-state index contributed by atoms with van der Waals surface area (Å²) in [5.74, 6) is -0.336. The van der Waals surface area contributed by atoms with Gasteiger partial charge in [-0.3, -0.25) is 4.79 Å². The Morgan fingerprint density at radius 3 is 2.53 bits per heavy atom. The van der Waals surface area contributed by atoms with Crippen LogP contribution in [0.1, 0.15) is 6.92 Å². The van der Waals surface area contributed by atoms with Crippen molar-refractivity contribution in [2.45, 2.75) is 37.6 Å². The average molecular weight is 249 g/mol. The van der Waals surface area contributed by atoms with Crippen molar-refractivity contribution in [3.05, 3.63) is 0 Å². The van der Waals surface area contributed by atoms with Gasteiger partial charge in [-0.05, 0) is 0 Å². The third-order valence-electron chi connectivity index (χ3n) is 2.67. The Morgan fingerprint density at radius 1 is 1.41 bits per heavy atom. The highest BCUT2D eigenvalue weighted by Crippen LogP contribution is 2.22. The normalized spacial score (nSPS) is 37.8.